The SMILES string of the molecule is CCOC(=O)CCC(N)Cc1cccc(C)c1. The Morgan fingerprint density at radius 2 is 2.24 bits per heavy atom. The minimum absolute atomic E-state index is 0.0150. The molecule has 3 nitrogen and oxygen atoms in total. The van der Waals surface area contributed by atoms with Gasteiger partial charge in [0.05, 0.1) is 6.61 Å². The van der Waals surface area contributed by atoms with Crippen molar-refractivity contribution < 1.29 is 9.53 Å². The van der Waals surface area contributed by atoms with Gasteiger partial charge >= 0.3 is 5.97 Å². The fourth-order valence-electron chi connectivity index (χ4n) is 1.78. The number of carbonyl (C=O) groups is 1. The molecular formula is C14H21NO2. The van der Waals surface area contributed by atoms with Crippen LogP contribution in [0.3, 0.4) is 0 Å². The zero-order valence-electron chi connectivity index (χ0n) is 10.6. The Morgan fingerprint density at radius 1 is 1.47 bits per heavy atom. The average Bonchev–Trinajstić information content (AvgIpc) is 2.27. The minimum Gasteiger partial charge on any atom is -0.466 e. The van der Waals surface area contributed by atoms with Crippen molar-refractivity contribution in [1.82, 2.24) is 0 Å². The van der Waals surface area contributed by atoms with Gasteiger partial charge in [-0.15, -0.1) is 0 Å². The van der Waals surface area contributed by atoms with Crippen LogP contribution < -0.4 is 5.73 Å². The zero-order chi connectivity index (χ0) is 12.7. The molecular weight excluding hydrogens is 214 g/mol. The molecule has 0 saturated carbocycles. The second-order valence-corrected chi connectivity index (χ2v) is 4.30. The lowest BCUT2D eigenvalue weighted by atomic mass is 10.0. The summed E-state index contributed by atoms with van der Waals surface area (Å²) in [5.74, 6) is -0.160. The van der Waals surface area contributed by atoms with Crippen molar-refractivity contribution in [2.75, 3.05) is 6.61 Å². The van der Waals surface area contributed by atoms with Crippen molar-refractivity contribution in [3.05, 3.63) is 35.4 Å². The Labute approximate surface area is 103 Å². The highest BCUT2D eigenvalue weighted by Crippen LogP contribution is 2.09. The van der Waals surface area contributed by atoms with Gasteiger partial charge in [0.2, 0.25) is 0 Å². The fraction of sp³-hybridized carbons (Fsp3) is 0.500. The van der Waals surface area contributed by atoms with Crippen LogP contribution in [0, 0.1) is 6.92 Å². The van der Waals surface area contributed by atoms with Crippen molar-refractivity contribution in [3.8, 4) is 0 Å². The first-order valence-electron chi connectivity index (χ1n) is 6.08. The number of aryl methyl sites for hydroxylation is 1. The van der Waals surface area contributed by atoms with Crippen molar-refractivity contribution in [1.29, 1.82) is 0 Å². The highest BCUT2D eigenvalue weighted by atomic mass is 16.5. The number of ether oxygens (including phenoxy) is 1. The largest absolute Gasteiger partial charge is 0.466 e. The maximum absolute atomic E-state index is 11.2. The molecule has 0 radical (unpaired) electrons. The quantitative estimate of drug-likeness (QED) is 0.769. The van der Waals surface area contributed by atoms with Gasteiger partial charge in [0.15, 0.2) is 0 Å². The first kappa shape index (κ1) is 13.7. The second-order valence-electron chi connectivity index (χ2n) is 4.30. The molecule has 0 fully saturated rings. The lowest BCUT2D eigenvalue weighted by Crippen LogP contribution is -2.24. The molecule has 1 aromatic rings. The minimum atomic E-state index is -0.160. The van der Waals surface area contributed by atoms with Crippen LogP contribution in [0.4, 0.5) is 0 Å². The van der Waals surface area contributed by atoms with E-state index in [0.29, 0.717) is 19.4 Å². The van der Waals surface area contributed by atoms with Crippen LogP contribution in [-0.4, -0.2) is 18.6 Å². The Hall–Kier alpha value is -1.35. The predicted molar refractivity (Wildman–Crippen MR) is 68.7 cm³/mol. The van der Waals surface area contributed by atoms with Gasteiger partial charge in [-0.25, -0.2) is 0 Å². The monoisotopic (exact) mass is 235 g/mol. The Balaban J connectivity index is 2.34. The van der Waals surface area contributed by atoms with Crippen molar-refractivity contribution in [2.24, 2.45) is 5.73 Å². The maximum Gasteiger partial charge on any atom is 0.305 e. The van der Waals surface area contributed by atoms with Gasteiger partial charge in [0.1, 0.15) is 0 Å². The zero-order valence-corrected chi connectivity index (χ0v) is 10.6. The molecule has 0 aliphatic rings. The summed E-state index contributed by atoms with van der Waals surface area (Å²) < 4.78 is 4.87. The Bertz CT molecular complexity index is 363. The molecule has 3 heteroatoms. The molecule has 0 heterocycles. The van der Waals surface area contributed by atoms with Crippen LogP contribution >= 0.6 is 0 Å². The van der Waals surface area contributed by atoms with Crippen LogP contribution in [0.2, 0.25) is 0 Å². The number of rotatable bonds is 6. The smallest absolute Gasteiger partial charge is 0.305 e. The number of benzene rings is 1. The topological polar surface area (TPSA) is 52.3 Å². The molecule has 0 aliphatic heterocycles. The molecule has 17 heavy (non-hydrogen) atoms. The summed E-state index contributed by atoms with van der Waals surface area (Å²) in [5.41, 5.74) is 8.45. The van der Waals surface area contributed by atoms with Crippen LogP contribution in [0.1, 0.15) is 30.9 Å². The summed E-state index contributed by atoms with van der Waals surface area (Å²) in [4.78, 5) is 11.2. The third-order valence-corrected chi connectivity index (χ3v) is 2.60. The molecule has 2 N–H and O–H groups in total. The highest BCUT2D eigenvalue weighted by molar-refractivity contribution is 5.69. The van der Waals surface area contributed by atoms with Crippen LogP contribution in [-0.2, 0) is 16.0 Å². The van der Waals surface area contributed by atoms with Gasteiger partial charge in [-0.2, -0.15) is 0 Å². The third kappa shape index (κ3) is 5.50. The number of hydrogen-bond donors (Lipinski definition) is 1. The standard InChI is InChI=1S/C14H21NO2/c1-3-17-14(16)8-7-13(15)10-12-6-4-5-11(2)9-12/h4-6,9,13H,3,7-8,10,15H2,1-2H3. The summed E-state index contributed by atoms with van der Waals surface area (Å²) in [6.45, 7) is 4.31. The predicted octanol–water partition coefficient (Wildman–Crippen LogP) is 2.21. The van der Waals surface area contributed by atoms with Crippen molar-refractivity contribution >= 4 is 5.97 Å². The molecule has 0 spiro atoms. The lowest BCUT2D eigenvalue weighted by Gasteiger charge is -2.11. The number of hydrogen-bond acceptors (Lipinski definition) is 3. The van der Waals surface area contributed by atoms with E-state index in [1.807, 2.05) is 13.0 Å². The van der Waals surface area contributed by atoms with E-state index in [9.17, 15) is 4.79 Å². The second kappa shape index (κ2) is 7.07. The summed E-state index contributed by atoms with van der Waals surface area (Å²) in [5, 5.41) is 0. The van der Waals surface area contributed by atoms with Crippen molar-refractivity contribution in [2.45, 2.75) is 39.2 Å². The van der Waals surface area contributed by atoms with E-state index in [2.05, 4.69) is 25.1 Å². The molecule has 0 aliphatic carbocycles. The highest BCUT2D eigenvalue weighted by Gasteiger charge is 2.08. The Kier molecular flexibility index (Phi) is 5.70. The normalized spacial score (nSPS) is 12.2. The third-order valence-electron chi connectivity index (χ3n) is 2.60. The first-order chi connectivity index (χ1) is 8.11. The molecule has 0 aromatic heterocycles. The summed E-state index contributed by atoms with van der Waals surface area (Å²) in [6.07, 6.45) is 1.88. The molecule has 94 valence electrons. The van der Waals surface area contributed by atoms with E-state index < -0.39 is 0 Å². The number of carbonyl (C=O) groups excluding carboxylic acids is 1. The van der Waals surface area contributed by atoms with Gasteiger partial charge in [-0.3, -0.25) is 4.79 Å². The van der Waals surface area contributed by atoms with E-state index in [-0.39, 0.29) is 12.0 Å². The van der Waals surface area contributed by atoms with Crippen molar-refractivity contribution in [3.63, 3.8) is 0 Å². The summed E-state index contributed by atoms with van der Waals surface area (Å²) in [7, 11) is 0. The van der Waals surface area contributed by atoms with Crippen LogP contribution in [0.25, 0.3) is 0 Å². The maximum atomic E-state index is 11.2. The Morgan fingerprint density at radius 3 is 2.88 bits per heavy atom. The molecule has 1 aromatic carbocycles. The van der Waals surface area contributed by atoms with Crippen LogP contribution in [0.5, 0.6) is 0 Å². The average molecular weight is 235 g/mol. The fourth-order valence-corrected chi connectivity index (χ4v) is 1.78. The summed E-state index contributed by atoms with van der Waals surface area (Å²) >= 11 is 0. The molecule has 1 rings (SSSR count). The summed E-state index contributed by atoms with van der Waals surface area (Å²) in [6, 6.07) is 8.30. The van der Waals surface area contributed by atoms with Gasteiger partial charge in [-0.05, 0) is 32.3 Å². The molecule has 0 amide bonds. The van der Waals surface area contributed by atoms with E-state index in [0.717, 1.165) is 6.42 Å². The van der Waals surface area contributed by atoms with E-state index in [1.54, 1.807) is 0 Å². The molecule has 1 atom stereocenters. The first-order valence-corrected chi connectivity index (χ1v) is 6.08. The number of nitrogens with two attached hydrogens (primary N) is 1. The van der Waals surface area contributed by atoms with Crippen LogP contribution in [0.15, 0.2) is 24.3 Å². The van der Waals surface area contributed by atoms with E-state index in [4.69, 9.17) is 10.5 Å². The van der Waals surface area contributed by atoms with E-state index >= 15 is 0 Å². The van der Waals surface area contributed by atoms with Gasteiger partial charge < -0.3 is 10.5 Å². The molecule has 0 saturated heterocycles. The lowest BCUT2D eigenvalue weighted by molar-refractivity contribution is -0.143. The van der Waals surface area contributed by atoms with E-state index in [1.165, 1.54) is 11.1 Å². The van der Waals surface area contributed by atoms with Gasteiger partial charge in [0, 0.05) is 12.5 Å². The van der Waals surface area contributed by atoms with Gasteiger partial charge in [0.25, 0.3) is 0 Å². The van der Waals surface area contributed by atoms with Gasteiger partial charge in [-0.1, -0.05) is 29.8 Å². The molecule has 1 unspecified atom stereocenters. The molecule has 0 bridgehead atoms. The number of esters is 1.